The number of aliphatic hydroxyl groups is 1. The Kier molecular flexibility index (Phi) is 5.63. The summed E-state index contributed by atoms with van der Waals surface area (Å²) in [5.74, 6) is -0.683. The molecule has 3 aromatic carbocycles. The lowest BCUT2D eigenvalue weighted by Gasteiger charge is -2.14. The van der Waals surface area contributed by atoms with Gasteiger partial charge in [-0.05, 0) is 30.3 Å². The Morgan fingerprint density at radius 1 is 1.09 bits per heavy atom. The average Bonchev–Trinajstić information content (AvgIpc) is 3.44. The monoisotopic (exact) mass is 472 g/mol. The number of rotatable bonds is 8. The molecule has 0 amide bonds. The highest BCUT2D eigenvalue weighted by Gasteiger charge is 2.22. The highest BCUT2D eigenvalue weighted by atomic mass is 16.6. The minimum atomic E-state index is -1.26. The van der Waals surface area contributed by atoms with Crippen molar-refractivity contribution in [3.8, 4) is 17.0 Å². The number of nitro benzene ring substituents is 1. The van der Waals surface area contributed by atoms with E-state index in [1.54, 1.807) is 12.1 Å². The maximum absolute atomic E-state index is 11.8. The molecule has 1 unspecified atom stereocenters. The van der Waals surface area contributed by atoms with Crippen LogP contribution in [0.3, 0.4) is 0 Å². The summed E-state index contributed by atoms with van der Waals surface area (Å²) in [4.78, 5) is 25.9. The zero-order chi connectivity index (χ0) is 24.5. The van der Waals surface area contributed by atoms with E-state index in [9.17, 15) is 25.1 Å². The van der Waals surface area contributed by atoms with Gasteiger partial charge >= 0.3 is 5.97 Å². The van der Waals surface area contributed by atoms with Gasteiger partial charge in [-0.15, -0.1) is 0 Å². The van der Waals surface area contributed by atoms with Crippen molar-refractivity contribution < 1.29 is 24.7 Å². The number of carboxylic acids is 1. The van der Waals surface area contributed by atoms with Crippen molar-refractivity contribution in [1.29, 1.82) is 0 Å². The highest BCUT2D eigenvalue weighted by molar-refractivity contribution is 6.10. The molecule has 0 aliphatic carbocycles. The number of aromatic nitrogens is 3. The third-order valence-corrected chi connectivity index (χ3v) is 5.68. The normalized spacial score (nSPS) is 12.1. The Morgan fingerprint density at radius 2 is 1.83 bits per heavy atom. The Hall–Kier alpha value is -4.70. The van der Waals surface area contributed by atoms with Crippen molar-refractivity contribution in [2.24, 2.45) is 0 Å². The van der Waals surface area contributed by atoms with Gasteiger partial charge < -0.3 is 19.9 Å². The molecule has 10 nitrogen and oxygen atoms in total. The first-order chi connectivity index (χ1) is 16.9. The summed E-state index contributed by atoms with van der Waals surface area (Å²) in [5, 5.41) is 37.7. The number of nitrogens with one attached hydrogen (secondary N) is 1. The molecule has 5 aromatic rings. The minimum absolute atomic E-state index is 0.113. The van der Waals surface area contributed by atoms with Gasteiger partial charge in [-0.25, -0.2) is 4.79 Å². The molecule has 3 N–H and O–H groups in total. The summed E-state index contributed by atoms with van der Waals surface area (Å²) in [6, 6.07) is 20.6. The lowest BCUT2D eigenvalue weighted by Crippen LogP contribution is -2.26. The van der Waals surface area contributed by atoms with Crippen molar-refractivity contribution in [2.75, 3.05) is 6.61 Å². The fourth-order valence-corrected chi connectivity index (χ4v) is 4.14. The number of nitro groups is 1. The number of benzene rings is 3. The molecule has 5 rings (SSSR count). The maximum Gasteiger partial charge on any atom is 0.354 e. The van der Waals surface area contributed by atoms with Gasteiger partial charge in [-0.3, -0.25) is 14.8 Å². The number of hydrogen-bond acceptors (Lipinski definition) is 6. The minimum Gasteiger partial charge on any atom is -0.490 e. The number of fused-ring (bicyclic) bond motifs is 3. The summed E-state index contributed by atoms with van der Waals surface area (Å²) in [6.45, 7) is -0.287. The third kappa shape index (κ3) is 4.18. The van der Waals surface area contributed by atoms with Crippen molar-refractivity contribution in [3.63, 3.8) is 0 Å². The van der Waals surface area contributed by atoms with Gasteiger partial charge in [-0.1, -0.05) is 36.4 Å². The number of ether oxygens (including phenoxy) is 1. The number of hydrogen-bond donors (Lipinski definition) is 3. The van der Waals surface area contributed by atoms with Gasteiger partial charge in [-0.2, -0.15) is 5.10 Å². The molecule has 1 atom stereocenters. The number of carbonyl (C=O) groups is 1. The third-order valence-electron chi connectivity index (χ3n) is 5.68. The Balaban J connectivity index is 1.39. The van der Waals surface area contributed by atoms with E-state index in [1.807, 2.05) is 36.4 Å². The van der Waals surface area contributed by atoms with Crippen LogP contribution < -0.4 is 4.74 Å². The number of para-hydroxylation sites is 2. The van der Waals surface area contributed by atoms with Crippen molar-refractivity contribution in [2.45, 2.75) is 12.6 Å². The summed E-state index contributed by atoms with van der Waals surface area (Å²) in [7, 11) is 0. The van der Waals surface area contributed by atoms with E-state index in [0.29, 0.717) is 5.75 Å². The van der Waals surface area contributed by atoms with E-state index >= 15 is 0 Å². The molecule has 0 saturated heterocycles. The number of nitrogens with zero attached hydrogens (tertiary/aromatic N) is 3. The molecule has 35 heavy (non-hydrogen) atoms. The van der Waals surface area contributed by atoms with Crippen LogP contribution in [0.25, 0.3) is 33.1 Å². The fraction of sp³-hybridized carbons (Fsp3) is 0.120. The van der Waals surface area contributed by atoms with Gasteiger partial charge in [0, 0.05) is 22.4 Å². The lowest BCUT2D eigenvalue weighted by molar-refractivity contribution is -0.384. The molecule has 0 aliphatic heterocycles. The van der Waals surface area contributed by atoms with Crippen LogP contribution in [0.4, 0.5) is 5.69 Å². The zero-order valence-corrected chi connectivity index (χ0v) is 18.3. The molecule has 2 aromatic heterocycles. The Morgan fingerprint density at radius 3 is 2.63 bits per heavy atom. The topological polar surface area (TPSA) is 144 Å². The molecule has 10 heteroatoms. The van der Waals surface area contributed by atoms with Crippen molar-refractivity contribution in [1.82, 2.24) is 14.8 Å². The second-order valence-corrected chi connectivity index (χ2v) is 7.99. The molecule has 0 fully saturated rings. The van der Waals surface area contributed by atoms with Crippen LogP contribution in [0.1, 0.15) is 10.5 Å². The number of aromatic amines is 1. The predicted molar refractivity (Wildman–Crippen MR) is 129 cm³/mol. The first kappa shape index (κ1) is 22.1. The second kappa shape index (κ2) is 8.92. The maximum atomic E-state index is 11.8. The van der Waals surface area contributed by atoms with Gasteiger partial charge in [0.15, 0.2) is 0 Å². The lowest BCUT2D eigenvalue weighted by atomic mass is 10.1. The van der Waals surface area contributed by atoms with Gasteiger partial charge in [0.05, 0.1) is 22.5 Å². The molecular weight excluding hydrogens is 452 g/mol. The van der Waals surface area contributed by atoms with Crippen LogP contribution in [0.2, 0.25) is 0 Å². The first-order valence-corrected chi connectivity index (χ1v) is 10.8. The Bertz CT molecular complexity index is 1570. The highest BCUT2D eigenvalue weighted by Crippen LogP contribution is 2.33. The Labute approximate surface area is 198 Å². The summed E-state index contributed by atoms with van der Waals surface area (Å²) in [5.41, 5.74) is 1.79. The second-order valence-electron chi connectivity index (χ2n) is 7.99. The summed E-state index contributed by atoms with van der Waals surface area (Å²) in [6.07, 6.45) is -1.09. The number of H-pyrrole nitrogens is 1. The molecule has 0 radical (unpaired) electrons. The first-order valence-electron chi connectivity index (χ1n) is 10.8. The number of aromatic carboxylic acids is 1. The van der Waals surface area contributed by atoms with E-state index < -0.39 is 17.0 Å². The SMILES string of the molecule is O=C(O)c1cc(-c2ccccc2[N+](=O)[O-])nn1CC(O)COc1cccc2[nH]c3ccccc3c12. The quantitative estimate of drug-likeness (QED) is 0.226. The summed E-state index contributed by atoms with van der Waals surface area (Å²) < 4.78 is 7.03. The fourth-order valence-electron chi connectivity index (χ4n) is 4.14. The number of carboxylic acid groups (broad SMARTS) is 1. The van der Waals surface area contributed by atoms with E-state index in [4.69, 9.17) is 4.74 Å². The smallest absolute Gasteiger partial charge is 0.354 e. The van der Waals surface area contributed by atoms with Gasteiger partial charge in [0.2, 0.25) is 0 Å². The molecule has 0 spiro atoms. The van der Waals surface area contributed by atoms with Crippen LogP contribution in [-0.4, -0.2) is 48.6 Å². The van der Waals surface area contributed by atoms with E-state index in [2.05, 4.69) is 10.1 Å². The van der Waals surface area contributed by atoms with Crippen LogP contribution >= 0.6 is 0 Å². The molecule has 0 aliphatic rings. The summed E-state index contributed by atoms with van der Waals surface area (Å²) >= 11 is 0. The number of aliphatic hydroxyl groups excluding tert-OH is 1. The molecule has 176 valence electrons. The molecule has 0 bridgehead atoms. The molecule has 2 heterocycles. The average molecular weight is 472 g/mol. The van der Waals surface area contributed by atoms with Crippen LogP contribution in [-0.2, 0) is 6.54 Å². The van der Waals surface area contributed by atoms with Crippen LogP contribution in [0, 0.1) is 10.1 Å². The van der Waals surface area contributed by atoms with E-state index in [1.165, 1.54) is 24.3 Å². The van der Waals surface area contributed by atoms with E-state index in [-0.39, 0.29) is 35.8 Å². The van der Waals surface area contributed by atoms with Crippen LogP contribution in [0.5, 0.6) is 5.75 Å². The molecule has 0 saturated carbocycles. The zero-order valence-electron chi connectivity index (χ0n) is 18.3. The predicted octanol–water partition coefficient (Wildman–Crippen LogP) is 4.23. The molecular formula is C25H20N4O6. The van der Waals surface area contributed by atoms with Crippen molar-refractivity contribution in [3.05, 3.63) is 88.6 Å². The van der Waals surface area contributed by atoms with Crippen LogP contribution in [0.15, 0.2) is 72.8 Å². The standard InChI is InChI=1S/C25H20N4O6/c30-15(14-35-23-11-5-9-19-24(23)17-7-1-3-8-18(17)26-19)13-28-22(25(31)32)12-20(27-28)16-6-2-4-10-21(16)29(33)34/h1-12,15,26,30H,13-14H2,(H,31,32). The van der Waals surface area contributed by atoms with Crippen molar-refractivity contribution >= 4 is 33.5 Å². The largest absolute Gasteiger partial charge is 0.490 e. The van der Waals surface area contributed by atoms with Gasteiger partial charge in [0.25, 0.3) is 5.69 Å². The van der Waals surface area contributed by atoms with E-state index in [0.717, 1.165) is 26.5 Å². The van der Waals surface area contributed by atoms with Gasteiger partial charge in [0.1, 0.15) is 29.8 Å².